The molecule has 0 aliphatic rings. The van der Waals surface area contributed by atoms with E-state index in [0.717, 1.165) is 15.2 Å². The summed E-state index contributed by atoms with van der Waals surface area (Å²) in [6.45, 7) is 0. The highest BCUT2D eigenvalue weighted by Gasteiger charge is 2.30. The molecule has 0 bridgehead atoms. The first kappa shape index (κ1) is 11.7. The van der Waals surface area contributed by atoms with Crippen LogP contribution in [0.4, 0.5) is 11.5 Å². The second-order valence-electron chi connectivity index (χ2n) is 3.59. The standard InChI is InChI=1S/C8H7N5O5/c1-10-4-3-5(12(15)16)7(13(17)18)9-6(4)11(2)8(10)14/h3H,1-2H3. The number of fused-ring (bicyclic) bond motifs is 1. The van der Waals surface area contributed by atoms with Gasteiger partial charge in [-0.1, -0.05) is 0 Å². The monoisotopic (exact) mass is 253 g/mol. The Bertz CT molecular complexity index is 682. The molecule has 2 aromatic heterocycles. The molecule has 0 amide bonds. The molecule has 18 heavy (non-hydrogen) atoms. The number of aromatic nitrogens is 3. The van der Waals surface area contributed by atoms with Crippen molar-refractivity contribution in [3.8, 4) is 0 Å². The molecule has 0 unspecified atom stereocenters. The molecular weight excluding hydrogens is 246 g/mol. The Morgan fingerprint density at radius 1 is 1.17 bits per heavy atom. The van der Waals surface area contributed by atoms with E-state index in [1.807, 2.05) is 0 Å². The van der Waals surface area contributed by atoms with E-state index >= 15 is 0 Å². The molecule has 2 rings (SSSR count). The van der Waals surface area contributed by atoms with Crippen LogP contribution in [0.3, 0.4) is 0 Å². The smallest absolute Gasteiger partial charge is 0.358 e. The average Bonchev–Trinajstić information content (AvgIpc) is 2.53. The molecule has 0 aromatic carbocycles. The van der Waals surface area contributed by atoms with Gasteiger partial charge in [0.2, 0.25) is 0 Å². The number of nitrogens with zero attached hydrogens (tertiary/aromatic N) is 5. The molecule has 10 nitrogen and oxygen atoms in total. The van der Waals surface area contributed by atoms with Crippen molar-refractivity contribution in [2.45, 2.75) is 0 Å². The molecule has 0 radical (unpaired) electrons. The quantitative estimate of drug-likeness (QED) is 0.551. The van der Waals surface area contributed by atoms with Gasteiger partial charge in [0, 0.05) is 14.1 Å². The number of nitro groups is 2. The Balaban J connectivity index is 2.98. The largest absolute Gasteiger partial charge is 0.444 e. The van der Waals surface area contributed by atoms with Gasteiger partial charge in [0.25, 0.3) is 5.65 Å². The van der Waals surface area contributed by atoms with E-state index in [1.54, 1.807) is 0 Å². The van der Waals surface area contributed by atoms with Gasteiger partial charge in [0.05, 0.1) is 11.0 Å². The maximum absolute atomic E-state index is 11.6. The molecule has 0 saturated heterocycles. The summed E-state index contributed by atoms with van der Waals surface area (Å²) in [5, 5.41) is 21.5. The highest BCUT2D eigenvalue weighted by molar-refractivity contribution is 5.77. The van der Waals surface area contributed by atoms with Crippen molar-refractivity contribution >= 4 is 22.7 Å². The van der Waals surface area contributed by atoms with Crippen molar-refractivity contribution in [3.05, 3.63) is 36.8 Å². The molecule has 0 spiro atoms. The zero-order chi connectivity index (χ0) is 13.6. The fraction of sp³-hybridized carbons (Fsp3) is 0.250. The van der Waals surface area contributed by atoms with Gasteiger partial charge in [0.15, 0.2) is 0 Å². The third-order valence-corrected chi connectivity index (χ3v) is 2.57. The van der Waals surface area contributed by atoms with E-state index in [0.29, 0.717) is 0 Å². The summed E-state index contributed by atoms with van der Waals surface area (Å²) >= 11 is 0. The molecule has 0 fully saturated rings. The van der Waals surface area contributed by atoms with Crippen molar-refractivity contribution in [2.75, 3.05) is 0 Å². The lowest BCUT2D eigenvalue weighted by molar-refractivity contribution is -0.425. The Hall–Kier alpha value is -2.78. The van der Waals surface area contributed by atoms with Crippen LogP contribution in [0.1, 0.15) is 0 Å². The zero-order valence-corrected chi connectivity index (χ0v) is 9.35. The fourth-order valence-corrected chi connectivity index (χ4v) is 1.65. The van der Waals surface area contributed by atoms with E-state index < -0.39 is 27.0 Å². The summed E-state index contributed by atoms with van der Waals surface area (Å²) in [5.74, 6) is -0.881. The number of imidazole rings is 1. The van der Waals surface area contributed by atoms with Gasteiger partial charge in [-0.25, -0.2) is 4.79 Å². The Kier molecular flexibility index (Phi) is 2.35. The van der Waals surface area contributed by atoms with Crippen LogP contribution in [-0.2, 0) is 14.1 Å². The minimum Gasteiger partial charge on any atom is -0.358 e. The number of pyridine rings is 1. The maximum Gasteiger partial charge on any atom is 0.444 e. The molecule has 0 N–H and O–H groups in total. The fourth-order valence-electron chi connectivity index (χ4n) is 1.65. The van der Waals surface area contributed by atoms with E-state index in [1.165, 1.54) is 14.1 Å². The molecule has 10 heteroatoms. The highest BCUT2D eigenvalue weighted by atomic mass is 16.6. The molecule has 2 aromatic rings. The maximum atomic E-state index is 11.6. The van der Waals surface area contributed by atoms with Crippen molar-refractivity contribution < 1.29 is 9.85 Å². The molecule has 2 heterocycles. The van der Waals surface area contributed by atoms with Crippen LogP contribution >= 0.6 is 0 Å². The third-order valence-electron chi connectivity index (χ3n) is 2.57. The van der Waals surface area contributed by atoms with Crippen LogP contribution in [0, 0.1) is 20.2 Å². The van der Waals surface area contributed by atoms with E-state index in [4.69, 9.17) is 0 Å². The molecular formula is C8H7N5O5. The van der Waals surface area contributed by atoms with Crippen LogP contribution in [-0.4, -0.2) is 24.0 Å². The SMILES string of the molecule is Cn1c(=O)n(C)c2nc([N+](=O)[O-])c([N+](=O)[O-])cc21. The number of hydrogen-bond acceptors (Lipinski definition) is 6. The Labute approximate surface area is 98.4 Å². The van der Waals surface area contributed by atoms with E-state index in [9.17, 15) is 25.0 Å². The Morgan fingerprint density at radius 2 is 1.78 bits per heavy atom. The topological polar surface area (TPSA) is 126 Å². The summed E-state index contributed by atoms with van der Waals surface area (Å²) in [4.78, 5) is 34.8. The van der Waals surface area contributed by atoms with E-state index in [-0.39, 0.29) is 11.2 Å². The Morgan fingerprint density at radius 3 is 2.28 bits per heavy atom. The first-order valence-electron chi connectivity index (χ1n) is 4.70. The van der Waals surface area contributed by atoms with Crippen LogP contribution in [0.2, 0.25) is 0 Å². The third kappa shape index (κ3) is 1.43. The average molecular weight is 253 g/mol. The van der Waals surface area contributed by atoms with Gasteiger partial charge in [-0.05, 0) is 9.91 Å². The van der Waals surface area contributed by atoms with Crippen LogP contribution < -0.4 is 5.69 Å². The second kappa shape index (κ2) is 3.61. The predicted octanol–water partition coefficient (Wildman–Crippen LogP) is 0.0884. The number of hydrogen-bond donors (Lipinski definition) is 0. The summed E-state index contributed by atoms with van der Waals surface area (Å²) in [5.41, 5.74) is -1.01. The van der Waals surface area contributed by atoms with Gasteiger partial charge in [0.1, 0.15) is 5.52 Å². The second-order valence-corrected chi connectivity index (χ2v) is 3.59. The van der Waals surface area contributed by atoms with Gasteiger partial charge >= 0.3 is 17.2 Å². The van der Waals surface area contributed by atoms with Gasteiger partial charge in [-0.3, -0.25) is 19.2 Å². The lowest BCUT2D eigenvalue weighted by Gasteiger charge is -1.95. The normalized spacial score (nSPS) is 10.8. The van der Waals surface area contributed by atoms with Crippen LogP contribution in [0.25, 0.3) is 11.2 Å². The summed E-state index contributed by atoms with van der Waals surface area (Å²) < 4.78 is 2.23. The van der Waals surface area contributed by atoms with E-state index in [2.05, 4.69) is 4.98 Å². The van der Waals surface area contributed by atoms with Crippen molar-refractivity contribution in [1.29, 1.82) is 0 Å². The molecule has 94 valence electrons. The molecule has 0 atom stereocenters. The minimum absolute atomic E-state index is 0.0276. The van der Waals surface area contributed by atoms with Crippen molar-refractivity contribution in [2.24, 2.45) is 14.1 Å². The van der Waals surface area contributed by atoms with Crippen molar-refractivity contribution in [1.82, 2.24) is 14.1 Å². The minimum atomic E-state index is -0.949. The molecule has 0 aliphatic carbocycles. The molecule has 0 saturated carbocycles. The van der Waals surface area contributed by atoms with Crippen molar-refractivity contribution in [3.63, 3.8) is 0 Å². The van der Waals surface area contributed by atoms with Gasteiger partial charge in [-0.2, -0.15) is 0 Å². The van der Waals surface area contributed by atoms with Crippen LogP contribution in [0.15, 0.2) is 10.9 Å². The summed E-state index contributed by atoms with van der Waals surface area (Å²) in [6.07, 6.45) is 0. The lowest BCUT2D eigenvalue weighted by atomic mass is 10.3. The number of rotatable bonds is 2. The summed E-state index contributed by atoms with van der Waals surface area (Å²) in [6, 6.07) is 0.974. The predicted molar refractivity (Wildman–Crippen MR) is 59.3 cm³/mol. The first-order valence-corrected chi connectivity index (χ1v) is 4.70. The molecule has 0 aliphatic heterocycles. The summed E-state index contributed by atoms with van der Waals surface area (Å²) in [7, 11) is 2.79. The highest BCUT2D eigenvalue weighted by Crippen LogP contribution is 2.27. The number of aryl methyl sites for hydroxylation is 2. The lowest BCUT2D eigenvalue weighted by Crippen LogP contribution is -2.19. The first-order chi connectivity index (χ1) is 8.34. The zero-order valence-electron chi connectivity index (χ0n) is 9.35. The van der Waals surface area contributed by atoms with Gasteiger partial charge < -0.3 is 10.1 Å². The van der Waals surface area contributed by atoms with Gasteiger partial charge in [-0.15, -0.1) is 0 Å². The van der Waals surface area contributed by atoms with Crippen LogP contribution in [0.5, 0.6) is 0 Å².